The van der Waals surface area contributed by atoms with Gasteiger partial charge in [-0.3, -0.25) is 19.2 Å². The number of hydrogen-bond donors (Lipinski definition) is 5. The molecule has 42 heavy (non-hydrogen) atoms. The predicted molar refractivity (Wildman–Crippen MR) is 168 cm³/mol. The maximum atomic E-state index is 13.6. The Labute approximate surface area is 252 Å². The molecule has 0 saturated heterocycles. The van der Waals surface area contributed by atoms with Gasteiger partial charge < -0.3 is 26.6 Å². The van der Waals surface area contributed by atoms with Crippen molar-refractivity contribution in [2.45, 2.75) is 135 Å². The summed E-state index contributed by atoms with van der Waals surface area (Å²) in [4.78, 5) is 50.8. The smallest absolute Gasteiger partial charge is 0.182 e. The van der Waals surface area contributed by atoms with E-state index in [0.717, 1.165) is 25.7 Å². The zero-order valence-corrected chi connectivity index (χ0v) is 27.1. The SMILES string of the molecule is CCC(C)(NCCCCCC(=O)C(C)(C)O)C(=O)c1cc(N)cc(C(=O)C(C)(C)NCCCCCC(=O)C(C)(C)O)c1. The second-order valence-corrected chi connectivity index (χ2v) is 13.3. The molecule has 0 bridgehead atoms. The highest BCUT2D eigenvalue weighted by Crippen LogP contribution is 2.24. The number of nitrogens with one attached hydrogen (secondary N) is 2. The molecule has 0 saturated carbocycles. The zero-order valence-electron chi connectivity index (χ0n) is 27.1. The normalized spacial score (nSPS) is 14.0. The van der Waals surface area contributed by atoms with E-state index in [1.54, 1.807) is 32.0 Å². The Balaban J connectivity index is 2.75. The van der Waals surface area contributed by atoms with E-state index in [1.165, 1.54) is 27.7 Å². The van der Waals surface area contributed by atoms with E-state index in [4.69, 9.17) is 5.73 Å². The summed E-state index contributed by atoms with van der Waals surface area (Å²) >= 11 is 0. The van der Waals surface area contributed by atoms with Crippen LogP contribution in [0.25, 0.3) is 0 Å². The third-order valence-electron chi connectivity index (χ3n) is 7.86. The quantitative estimate of drug-likeness (QED) is 0.0787. The molecule has 1 unspecified atom stereocenters. The van der Waals surface area contributed by atoms with Crippen LogP contribution in [0.3, 0.4) is 0 Å². The van der Waals surface area contributed by atoms with Crippen molar-refractivity contribution in [1.29, 1.82) is 0 Å². The maximum Gasteiger partial charge on any atom is 0.182 e. The first kappa shape index (κ1) is 37.6. The van der Waals surface area contributed by atoms with Crippen LogP contribution in [0.1, 0.15) is 134 Å². The van der Waals surface area contributed by atoms with E-state index in [-0.39, 0.29) is 23.1 Å². The minimum absolute atomic E-state index is 0.144. The van der Waals surface area contributed by atoms with E-state index in [0.29, 0.717) is 62.0 Å². The molecule has 9 nitrogen and oxygen atoms in total. The second kappa shape index (κ2) is 15.8. The van der Waals surface area contributed by atoms with Crippen molar-refractivity contribution < 1.29 is 29.4 Å². The van der Waals surface area contributed by atoms with Gasteiger partial charge in [0.05, 0.1) is 11.1 Å². The second-order valence-electron chi connectivity index (χ2n) is 13.3. The molecule has 9 heteroatoms. The van der Waals surface area contributed by atoms with Crippen LogP contribution in [0, 0.1) is 0 Å². The minimum Gasteiger partial charge on any atom is -0.399 e. The van der Waals surface area contributed by atoms with E-state index < -0.39 is 22.3 Å². The van der Waals surface area contributed by atoms with Crippen molar-refractivity contribution in [3.8, 4) is 0 Å². The number of benzene rings is 1. The van der Waals surface area contributed by atoms with Crippen molar-refractivity contribution >= 4 is 28.8 Å². The van der Waals surface area contributed by atoms with Gasteiger partial charge in [-0.2, -0.15) is 0 Å². The number of nitrogen functional groups attached to an aromatic ring is 1. The molecule has 1 aromatic carbocycles. The van der Waals surface area contributed by atoms with Crippen LogP contribution in [0.5, 0.6) is 0 Å². The number of unbranched alkanes of at least 4 members (excludes halogenated alkanes) is 4. The van der Waals surface area contributed by atoms with E-state index >= 15 is 0 Å². The van der Waals surface area contributed by atoms with E-state index in [1.807, 2.05) is 13.8 Å². The monoisotopic (exact) mass is 589 g/mol. The highest BCUT2D eigenvalue weighted by molar-refractivity contribution is 6.08. The van der Waals surface area contributed by atoms with Crippen molar-refractivity contribution in [2.24, 2.45) is 0 Å². The minimum atomic E-state index is -1.31. The van der Waals surface area contributed by atoms with Gasteiger partial charge in [-0.15, -0.1) is 0 Å². The zero-order chi connectivity index (χ0) is 32.4. The average Bonchev–Trinajstić information content (AvgIpc) is 2.89. The molecule has 0 heterocycles. The van der Waals surface area contributed by atoms with Crippen molar-refractivity contribution in [3.63, 3.8) is 0 Å². The number of ketones is 4. The summed E-state index contributed by atoms with van der Waals surface area (Å²) in [6, 6.07) is 4.81. The van der Waals surface area contributed by atoms with Gasteiger partial charge in [0.25, 0.3) is 0 Å². The first-order chi connectivity index (χ1) is 19.2. The molecule has 0 radical (unpaired) electrons. The largest absolute Gasteiger partial charge is 0.399 e. The first-order valence-corrected chi connectivity index (χ1v) is 15.3. The van der Waals surface area contributed by atoms with Crippen LogP contribution in [0.4, 0.5) is 5.69 Å². The fourth-order valence-electron chi connectivity index (χ4n) is 4.59. The van der Waals surface area contributed by atoms with Gasteiger partial charge in [0.2, 0.25) is 0 Å². The number of Topliss-reactive ketones (excluding diaryl/α,β-unsaturated/α-hetero) is 4. The van der Waals surface area contributed by atoms with Crippen LogP contribution in [0.15, 0.2) is 18.2 Å². The van der Waals surface area contributed by atoms with Crippen molar-refractivity contribution in [1.82, 2.24) is 10.6 Å². The summed E-state index contributed by atoms with van der Waals surface area (Å²) in [5, 5.41) is 26.2. The summed E-state index contributed by atoms with van der Waals surface area (Å²) in [7, 11) is 0. The highest BCUT2D eigenvalue weighted by Gasteiger charge is 2.34. The summed E-state index contributed by atoms with van der Waals surface area (Å²) in [6.45, 7) is 14.5. The predicted octanol–water partition coefficient (Wildman–Crippen LogP) is 4.56. The van der Waals surface area contributed by atoms with Gasteiger partial charge in [-0.05, 0) is 112 Å². The summed E-state index contributed by atoms with van der Waals surface area (Å²) in [5.74, 6) is -0.670. The van der Waals surface area contributed by atoms with Crippen LogP contribution < -0.4 is 16.4 Å². The molecule has 1 rings (SSSR count). The molecule has 0 spiro atoms. The van der Waals surface area contributed by atoms with Gasteiger partial charge in [-0.1, -0.05) is 19.8 Å². The lowest BCUT2D eigenvalue weighted by molar-refractivity contribution is -0.134. The number of carbonyl (C=O) groups is 4. The number of aliphatic hydroxyl groups is 2. The first-order valence-electron chi connectivity index (χ1n) is 15.3. The van der Waals surface area contributed by atoms with Gasteiger partial charge in [0, 0.05) is 29.7 Å². The number of anilines is 1. The Hall–Kier alpha value is -2.46. The summed E-state index contributed by atoms with van der Waals surface area (Å²) in [5.41, 5.74) is 2.86. The van der Waals surface area contributed by atoms with Gasteiger partial charge in [0.15, 0.2) is 23.1 Å². The average molecular weight is 590 g/mol. The number of hydrogen-bond acceptors (Lipinski definition) is 9. The maximum absolute atomic E-state index is 13.6. The molecule has 0 fully saturated rings. The topological polar surface area (TPSA) is 159 Å². The van der Waals surface area contributed by atoms with Crippen LogP contribution in [-0.4, -0.2) is 68.7 Å². The highest BCUT2D eigenvalue weighted by atomic mass is 16.3. The van der Waals surface area contributed by atoms with Crippen LogP contribution in [0.2, 0.25) is 0 Å². The third kappa shape index (κ3) is 12.0. The Morgan fingerprint density at radius 1 is 0.667 bits per heavy atom. The fourth-order valence-corrected chi connectivity index (χ4v) is 4.59. The molecule has 0 aromatic heterocycles. The number of rotatable bonds is 21. The van der Waals surface area contributed by atoms with Gasteiger partial charge in [0.1, 0.15) is 11.2 Å². The molecule has 0 aliphatic carbocycles. The summed E-state index contributed by atoms with van der Waals surface area (Å²) in [6.07, 6.45) is 5.66. The third-order valence-corrected chi connectivity index (χ3v) is 7.86. The molecule has 0 amide bonds. The molecular formula is C33H55N3O6. The van der Waals surface area contributed by atoms with Crippen LogP contribution in [-0.2, 0) is 9.59 Å². The van der Waals surface area contributed by atoms with Crippen molar-refractivity contribution in [3.05, 3.63) is 29.3 Å². The Morgan fingerprint density at radius 2 is 1.10 bits per heavy atom. The van der Waals surface area contributed by atoms with Crippen LogP contribution >= 0.6 is 0 Å². The number of nitrogens with two attached hydrogens (primary N) is 1. The molecule has 0 aliphatic rings. The van der Waals surface area contributed by atoms with Gasteiger partial charge >= 0.3 is 0 Å². The van der Waals surface area contributed by atoms with Gasteiger partial charge in [-0.25, -0.2) is 0 Å². The lowest BCUT2D eigenvalue weighted by Crippen LogP contribution is -2.49. The lowest BCUT2D eigenvalue weighted by atomic mass is 9.85. The van der Waals surface area contributed by atoms with Crippen molar-refractivity contribution in [2.75, 3.05) is 18.8 Å². The van der Waals surface area contributed by atoms with E-state index in [2.05, 4.69) is 10.6 Å². The molecule has 1 atom stereocenters. The Bertz CT molecular complexity index is 1080. The molecule has 0 aliphatic heterocycles. The molecule has 1 aromatic rings. The lowest BCUT2D eigenvalue weighted by Gasteiger charge is -2.29. The fraction of sp³-hybridized carbons (Fsp3) is 0.697. The molecule has 238 valence electrons. The Kier molecular flexibility index (Phi) is 14.2. The molecular weight excluding hydrogens is 534 g/mol. The number of carbonyl (C=O) groups excluding carboxylic acids is 4. The van der Waals surface area contributed by atoms with E-state index in [9.17, 15) is 29.4 Å². The Morgan fingerprint density at radius 3 is 1.52 bits per heavy atom. The standard InChI is InChI=1S/C33H55N3O6/c1-9-33(8,36-19-15-11-13-17-27(38)32(6,7)42)29(40)24-20-23(21-25(34)22-24)28(39)30(2,3)35-18-14-10-12-16-26(37)31(4,5)41/h20-22,35-36,41-42H,9-19,34H2,1-8H3. The summed E-state index contributed by atoms with van der Waals surface area (Å²) < 4.78 is 0. The molecule has 6 N–H and O–H groups in total.